The van der Waals surface area contributed by atoms with Crippen molar-refractivity contribution < 1.29 is 13.6 Å². The van der Waals surface area contributed by atoms with Crippen molar-refractivity contribution in [3.8, 4) is 0 Å². The van der Waals surface area contributed by atoms with Gasteiger partial charge in [-0.15, -0.1) is 0 Å². The lowest BCUT2D eigenvalue weighted by atomic mass is 9.86. The maximum absolute atomic E-state index is 14.3. The first-order chi connectivity index (χ1) is 13.9. The largest absolute Gasteiger partial charge is 0.310 e. The van der Waals surface area contributed by atoms with Crippen molar-refractivity contribution >= 4 is 23.5 Å². The molecule has 1 aliphatic heterocycles. The first-order valence-electron chi connectivity index (χ1n) is 8.98. The number of benzene rings is 2. The molecule has 0 saturated heterocycles. The van der Waals surface area contributed by atoms with Crippen molar-refractivity contribution in [2.75, 3.05) is 5.32 Å². The molecule has 0 saturated carbocycles. The zero-order valence-electron chi connectivity index (χ0n) is 15.5. The molecule has 0 aliphatic carbocycles. The van der Waals surface area contributed by atoms with Gasteiger partial charge in [0.2, 0.25) is 5.91 Å². The molecule has 5 nitrogen and oxygen atoms in total. The number of fused-ring (bicyclic) bond motifs is 1. The number of aryl methyl sites for hydroxylation is 1. The molecule has 3 aromatic rings. The van der Waals surface area contributed by atoms with Gasteiger partial charge in [0.15, 0.2) is 16.8 Å². The number of halogens is 2. The predicted octanol–water partition coefficient (Wildman–Crippen LogP) is 4.12. The Hall–Kier alpha value is -3.00. The van der Waals surface area contributed by atoms with Gasteiger partial charge in [-0.2, -0.15) is 0 Å². The summed E-state index contributed by atoms with van der Waals surface area (Å²) in [6.07, 6.45) is -0.159. The van der Waals surface area contributed by atoms with E-state index in [2.05, 4.69) is 15.3 Å². The fourth-order valence-electron chi connectivity index (χ4n) is 3.43. The van der Waals surface area contributed by atoms with Crippen molar-refractivity contribution in [1.29, 1.82) is 0 Å². The summed E-state index contributed by atoms with van der Waals surface area (Å²) in [6.45, 7) is 1.99. The number of anilines is 1. The summed E-state index contributed by atoms with van der Waals surface area (Å²) in [7, 11) is 0. The summed E-state index contributed by atoms with van der Waals surface area (Å²) < 4.78 is 28.0. The van der Waals surface area contributed by atoms with Crippen LogP contribution >= 0.6 is 11.8 Å². The van der Waals surface area contributed by atoms with Crippen LogP contribution in [-0.2, 0) is 10.5 Å². The van der Waals surface area contributed by atoms with Gasteiger partial charge in [0, 0.05) is 18.1 Å². The maximum atomic E-state index is 14.3. The summed E-state index contributed by atoms with van der Waals surface area (Å²) in [5.74, 6) is -2.72. The normalized spacial score (nSPS) is 15.7. The Morgan fingerprint density at radius 3 is 2.76 bits per heavy atom. The predicted molar refractivity (Wildman–Crippen MR) is 107 cm³/mol. The molecule has 0 spiro atoms. The number of rotatable bonds is 4. The minimum atomic E-state index is -1.06. The minimum absolute atomic E-state index is 0.0337. The Kier molecular flexibility index (Phi) is 5.19. The number of H-pyrrole nitrogens is 1. The van der Waals surface area contributed by atoms with E-state index in [4.69, 9.17) is 0 Å². The van der Waals surface area contributed by atoms with Crippen LogP contribution in [0, 0.1) is 18.6 Å². The van der Waals surface area contributed by atoms with E-state index >= 15 is 0 Å². The van der Waals surface area contributed by atoms with Gasteiger partial charge in [-0.1, -0.05) is 53.7 Å². The number of aromatic nitrogens is 2. The van der Waals surface area contributed by atoms with Gasteiger partial charge in [0.25, 0.3) is 5.56 Å². The number of nitrogens with zero attached hydrogens (tertiary/aromatic N) is 1. The lowest BCUT2D eigenvalue weighted by Crippen LogP contribution is -2.31. The smallest absolute Gasteiger partial charge is 0.257 e. The number of hydrogen-bond acceptors (Lipinski definition) is 4. The Morgan fingerprint density at radius 1 is 1.17 bits per heavy atom. The maximum Gasteiger partial charge on any atom is 0.257 e. The molecule has 1 atom stereocenters. The number of thioether (sulfide) groups is 1. The van der Waals surface area contributed by atoms with Gasteiger partial charge in [-0.05, 0) is 24.1 Å². The average molecular weight is 413 g/mol. The molecular formula is C21H17F2N3O2S. The summed E-state index contributed by atoms with van der Waals surface area (Å²) in [4.78, 5) is 32.0. The molecule has 0 bridgehead atoms. The molecule has 1 amide bonds. The number of carbonyl (C=O) groups excluding carboxylic acids is 1. The van der Waals surface area contributed by atoms with E-state index in [9.17, 15) is 18.4 Å². The van der Waals surface area contributed by atoms with Gasteiger partial charge >= 0.3 is 0 Å². The molecule has 148 valence electrons. The number of amides is 1. The number of hydrogen-bond donors (Lipinski definition) is 2. The zero-order valence-corrected chi connectivity index (χ0v) is 16.3. The average Bonchev–Trinajstić information content (AvgIpc) is 2.67. The first-order valence-corrected chi connectivity index (χ1v) is 9.97. The van der Waals surface area contributed by atoms with Crippen LogP contribution in [0.5, 0.6) is 0 Å². The van der Waals surface area contributed by atoms with Gasteiger partial charge in [0.1, 0.15) is 5.82 Å². The number of aromatic amines is 1. The zero-order chi connectivity index (χ0) is 20.5. The topological polar surface area (TPSA) is 74.8 Å². The highest BCUT2D eigenvalue weighted by Crippen LogP contribution is 2.36. The monoisotopic (exact) mass is 413 g/mol. The van der Waals surface area contributed by atoms with Crippen molar-refractivity contribution in [1.82, 2.24) is 9.97 Å². The Balaban J connectivity index is 1.69. The van der Waals surface area contributed by atoms with Crippen molar-refractivity contribution in [2.45, 2.75) is 30.2 Å². The third kappa shape index (κ3) is 3.93. The van der Waals surface area contributed by atoms with E-state index in [0.717, 1.165) is 17.2 Å². The second-order valence-corrected chi connectivity index (χ2v) is 7.82. The van der Waals surface area contributed by atoms with E-state index in [0.29, 0.717) is 10.9 Å². The van der Waals surface area contributed by atoms with Gasteiger partial charge < -0.3 is 10.3 Å². The molecule has 8 heteroatoms. The second kappa shape index (κ2) is 7.79. The molecule has 29 heavy (non-hydrogen) atoms. The van der Waals surface area contributed by atoms with Crippen LogP contribution in [0.3, 0.4) is 0 Å². The highest BCUT2D eigenvalue weighted by atomic mass is 32.2. The lowest BCUT2D eigenvalue weighted by Gasteiger charge is -2.24. The lowest BCUT2D eigenvalue weighted by molar-refractivity contribution is -0.116. The molecule has 0 unspecified atom stereocenters. The van der Waals surface area contributed by atoms with Crippen LogP contribution in [-0.4, -0.2) is 15.9 Å². The Labute approximate surface area is 169 Å². The van der Waals surface area contributed by atoms with Gasteiger partial charge in [-0.3, -0.25) is 9.59 Å². The summed E-state index contributed by atoms with van der Waals surface area (Å²) in [5, 5.41) is 2.93. The van der Waals surface area contributed by atoms with E-state index in [1.165, 1.54) is 23.9 Å². The first kappa shape index (κ1) is 19.3. The van der Waals surface area contributed by atoms with E-state index in [1.54, 1.807) is 0 Å². The molecule has 0 radical (unpaired) electrons. The van der Waals surface area contributed by atoms with Crippen LogP contribution < -0.4 is 10.9 Å². The third-order valence-electron chi connectivity index (χ3n) is 4.74. The summed E-state index contributed by atoms with van der Waals surface area (Å²) in [5.41, 5.74) is 1.82. The Morgan fingerprint density at radius 2 is 1.97 bits per heavy atom. The molecule has 2 N–H and O–H groups in total. The molecule has 0 fully saturated rings. The quantitative estimate of drug-likeness (QED) is 0.498. The fraction of sp³-hybridized carbons (Fsp3) is 0.190. The third-order valence-corrected chi connectivity index (χ3v) is 5.69. The van der Waals surface area contributed by atoms with Gasteiger partial charge in [-0.25, -0.2) is 13.8 Å². The van der Waals surface area contributed by atoms with Crippen molar-refractivity contribution in [3.05, 3.63) is 86.7 Å². The highest BCUT2D eigenvalue weighted by Gasteiger charge is 2.33. The SMILES string of the molecule is Cc1cccc(CSc2nc3c(c(=O)[nH]2)[C@@H](c2cccc(F)c2F)CC(=O)N3)c1. The van der Waals surface area contributed by atoms with E-state index < -0.39 is 29.0 Å². The fourth-order valence-corrected chi connectivity index (χ4v) is 4.23. The Bertz CT molecular complexity index is 1160. The van der Waals surface area contributed by atoms with Crippen molar-refractivity contribution in [2.24, 2.45) is 0 Å². The minimum Gasteiger partial charge on any atom is -0.310 e. The standard InChI is InChI=1S/C21H17F2N3O2S/c1-11-4-2-5-12(8-11)10-29-21-25-19-17(20(28)26-21)14(9-16(27)24-19)13-6-3-7-15(22)18(13)23/h2-8,14H,9-10H2,1H3,(H2,24,25,26,27,28)/t14-/m1/s1. The molecule has 1 aromatic heterocycles. The van der Waals surface area contributed by atoms with E-state index in [1.807, 2.05) is 31.2 Å². The summed E-state index contributed by atoms with van der Waals surface area (Å²) >= 11 is 1.32. The molecule has 2 heterocycles. The number of carbonyl (C=O) groups is 1. The van der Waals surface area contributed by atoms with Crippen LogP contribution in [0.2, 0.25) is 0 Å². The van der Waals surface area contributed by atoms with Gasteiger partial charge in [0.05, 0.1) is 5.56 Å². The summed E-state index contributed by atoms with van der Waals surface area (Å²) in [6, 6.07) is 11.7. The second-order valence-electron chi connectivity index (χ2n) is 6.86. The van der Waals surface area contributed by atoms with Crippen LogP contribution in [0.15, 0.2) is 52.4 Å². The van der Waals surface area contributed by atoms with Crippen LogP contribution in [0.1, 0.15) is 34.6 Å². The molecular weight excluding hydrogens is 396 g/mol. The van der Waals surface area contributed by atoms with Crippen LogP contribution in [0.25, 0.3) is 0 Å². The highest BCUT2D eigenvalue weighted by molar-refractivity contribution is 7.98. The number of nitrogens with one attached hydrogen (secondary N) is 2. The van der Waals surface area contributed by atoms with E-state index in [-0.39, 0.29) is 23.4 Å². The van der Waals surface area contributed by atoms with Crippen molar-refractivity contribution in [3.63, 3.8) is 0 Å². The van der Waals surface area contributed by atoms with Crippen LogP contribution in [0.4, 0.5) is 14.6 Å². The molecule has 2 aromatic carbocycles. The molecule has 1 aliphatic rings. The molecule has 4 rings (SSSR count).